The van der Waals surface area contributed by atoms with Gasteiger partial charge in [-0.3, -0.25) is 4.99 Å². The van der Waals surface area contributed by atoms with Gasteiger partial charge in [0.2, 0.25) is 0 Å². The van der Waals surface area contributed by atoms with Crippen LogP contribution in [-0.4, -0.2) is 54.2 Å². The quantitative estimate of drug-likeness (QED) is 0.597. The molecule has 1 unspecified atom stereocenters. The highest BCUT2D eigenvalue weighted by molar-refractivity contribution is 7.95. The lowest BCUT2D eigenvalue weighted by molar-refractivity contribution is 0.327. The van der Waals surface area contributed by atoms with Crippen molar-refractivity contribution in [1.82, 2.24) is 20.0 Å². The Labute approximate surface area is 195 Å². The Hall–Kier alpha value is -2.92. The molecule has 3 heterocycles. The molecule has 0 saturated carbocycles. The van der Waals surface area contributed by atoms with E-state index in [2.05, 4.69) is 24.7 Å². The maximum Gasteiger partial charge on any atom is 0.155 e. The summed E-state index contributed by atoms with van der Waals surface area (Å²) in [6.45, 7) is 2.18. The van der Waals surface area contributed by atoms with Crippen LogP contribution in [0.3, 0.4) is 0 Å². The molecule has 174 valence electrons. The summed E-state index contributed by atoms with van der Waals surface area (Å²) in [7, 11) is -1.65. The molecule has 0 amide bonds. The molecule has 12 heteroatoms. The third-order valence-electron chi connectivity index (χ3n) is 5.90. The molecule has 2 N–H and O–H groups in total. The van der Waals surface area contributed by atoms with Gasteiger partial charge in [-0.1, -0.05) is 16.8 Å². The number of alkyl halides is 1. The van der Waals surface area contributed by atoms with Crippen LogP contribution in [0.15, 0.2) is 52.1 Å². The van der Waals surface area contributed by atoms with E-state index in [0.717, 1.165) is 0 Å². The minimum Gasteiger partial charge on any atom is -0.386 e. The van der Waals surface area contributed by atoms with Crippen molar-refractivity contribution >= 4 is 27.2 Å². The summed E-state index contributed by atoms with van der Waals surface area (Å²) in [5, 5.41) is 8.64. The van der Waals surface area contributed by atoms with Crippen molar-refractivity contribution in [2.75, 3.05) is 19.5 Å². The minimum atomic E-state index is -3.04. The average molecular weight is 494 g/mol. The molecule has 2 aromatic heterocycles. The van der Waals surface area contributed by atoms with Crippen LogP contribution in [0.5, 0.6) is 0 Å². The predicted octanol–water partition coefficient (Wildman–Crippen LogP) is 3.53. The smallest absolute Gasteiger partial charge is 0.155 e. The van der Waals surface area contributed by atoms with Gasteiger partial charge in [0.05, 0.1) is 26.7 Å². The van der Waals surface area contributed by atoms with Crippen molar-refractivity contribution in [3.05, 3.63) is 59.1 Å². The topological polar surface area (TPSA) is 111 Å². The van der Waals surface area contributed by atoms with Crippen LogP contribution >= 0.6 is 11.6 Å². The number of hydrogen-bond donors (Lipinski definition) is 1. The van der Waals surface area contributed by atoms with E-state index < -0.39 is 32.5 Å². The van der Waals surface area contributed by atoms with Crippen molar-refractivity contribution in [3.63, 3.8) is 0 Å². The first-order valence-corrected chi connectivity index (χ1v) is 12.0. The Kier molecular flexibility index (Phi) is 5.73. The Balaban J connectivity index is 1.82. The number of halogens is 3. The maximum atomic E-state index is 15.0. The van der Waals surface area contributed by atoms with Crippen molar-refractivity contribution in [2.24, 2.45) is 15.1 Å². The second-order valence-corrected chi connectivity index (χ2v) is 11.6. The molecule has 2 atom stereocenters. The molecular weight excluding hydrogens is 472 g/mol. The van der Waals surface area contributed by atoms with E-state index in [4.69, 9.17) is 17.3 Å². The number of pyridine rings is 1. The third-order valence-corrected chi connectivity index (χ3v) is 9.39. The number of amidine groups is 1. The van der Waals surface area contributed by atoms with Crippen molar-refractivity contribution in [2.45, 2.75) is 24.1 Å². The zero-order valence-corrected chi connectivity index (χ0v) is 19.7. The lowest BCUT2D eigenvalue weighted by atomic mass is 9.90. The molecule has 1 aromatic carbocycles. The molecule has 33 heavy (non-hydrogen) atoms. The highest BCUT2D eigenvalue weighted by Gasteiger charge is 2.50. The van der Waals surface area contributed by atoms with Crippen LogP contribution in [-0.2, 0) is 15.3 Å². The molecule has 0 fully saturated rings. The zero-order chi connectivity index (χ0) is 24.0. The summed E-state index contributed by atoms with van der Waals surface area (Å²) >= 11 is 5.87. The van der Waals surface area contributed by atoms with Gasteiger partial charge in [0.25, 0.3) is 0 Å². The summed E-state index contributed by atoms with van der Waals surface area (Å²) in [5.74, 6) is -0.552. The number of hydrogen-bond acceptors (Lipinski definition) is 7. The fourth-order valence-electron chi connectivity index (χ4n) is 3.69. The van der Waals surface area contributed by atoms with Gasteiger partial charge in [-0.15, -0.1) is 5.10 Å². The van der Waals surface area contributed by atoms with Crippen LogP contribution in [0, 0.1) is 5.82 Å². The van der Waals surface area contributed by atoms with Crippen LogP contribution in [0.25, 0.3) is 17.1 Å². The minimum absolute atomic E-state index is 0.0356. The van der Waals surface area contributed by atoms with E-state index in [1.54, 1.807) is 32.2 Å². The van der Waals surface area contributed by atoms with E-state index in [1.807, 2.05) is 0 Å². The van der Waals surface area contributed by atoms with E-state index in [-0.39, 0.29) is 17.2 Å². The number of aromatic nitrogens is 4. The molecule has 0 aliphatic carbocycles. The van der Waals surface area contributed by atoms with Crippen LogP contribution < -0.4 is 5.73 Å². The lowest BCUT2D eigenvalue weighted by Gasteiger charge is -2.41. The van der Waals surface area contributed by atoms with Crippen LogP contribution in [0.1, 0.15) is 19.4 Å². The molecule has 1 aliphatic heterocycles. The van der Waals surface area contributed by atoms with Gasteiger partial charge in [0.15, 0.2) is 5.82 Å². The first kappa shape index (κ1) is 23.2. The summed E-state index contributed by atoms with van der Waals surface area (Å²) in [6, 6.07) is 7.45. The zero-order valence-electron chi connectivity index (χ0n) is 18.2. The molecule has 0 bridgehead atoms. The molecule has 0 saturated heterocycles. The van der Waals surface area contributed by atoms with Crippen molar-refractivity contribution in [1.29, 1.82) is 0 Å². The van der Waals surface area contributed by atoms with E-state index in [1.165, 1.54) is 36.1 Å². The van der Waals surface area contributed by atoms with E-state index in [0.29, 0.717) is 22.1 Å². The number of benzene rings is 1. The van der Waals surface area contributed by atoms with Crippen molar-refractivity contribution < 1.29 is 13.0 Å². The highest BCUT2D eigenvalue weighted by Crippen LogP contribution is 2.40. The van der Waals surface area contributed by atoms with Crippen molar-refractivity contribution in [3.8, 4) is 17.1 Å². The van der Waals surface area contributed by atoms with Crippen LogP contribution in [0.2, 0.25) is 5.02 Å². The number of rotatable bonds is 4. The molecule has 8 nitrogen and oxygen atoms in total. The Bertz CT molecular complexity index is 1360. The van der Waals surface area contributed by atoms with Gasteiger partial charge in [-0.25, -0.2) is 27.0 Å². The van der Waals surface area contributed by atoms with E-state index in [9.17, 15) is 8.60 Å². The fourth-order valence-corrected chi connectivity index (χ4v) is 6.06. The van der Waals surface area contributed by atoms with Crippen LogP contribution in [0.4, 0.5) is 8.78 Å². The molecule has 1 aliphatic rings. The second-order valence-electron chi connectivity index (χ2n) is 8.22. The molecule has 3 aromatic rings. The maximum absolute atomic E-state index is 15.0. The monoisotopic (exact) mass is 493 g/mol. The van der Waals surface area contributed by atoms with Gasteiger partial charge < -0.3 is 5.73 Å². The van der Waals surface area contributed by atoms with Gasteiger partial charge in [-0.05, 0) is 44.2 Å². The molecular formula is C21H22ClF2N7OS. The third kappa shape index (κ3) is 3.78. The van der Waals surface area contributed by atoms with E-state index >= 15 is 4.39 Å². The molecule has 4 rings (SSSR count). The van der Waals surface area contributed by atoms with Gasteiger partial charge in [-0.2, -0.15) is 0 Å². The Morgan fingerprint density at radius 1 is 1.30 bits per heavy atom. The SMILES string of the molecule is CN=S1(=O)C[C@@](CF)(c2cc(-c3cn(-c4ccc(Cl)cn4)nn3)ccc2F)N=C(N)C1(C)C. The van der Waals surface area contributed by atoms with Gasteiger partial charge in [0.1, 0.15) is 34.3 Å². The average Bonchev–Trinajstić information content (AvgIpc) is 3.28. The molecule has 0 radical (unpaired) electrons. The number of aliphatic imine (C=N–C) groups is 1. The normalized spacial score (nSPS) is 24.4. The lowest BCUT2D eigenvalue weighted by Crippen LogP contribution is -2.56. The summed E-state index contributed by atoms with van der Waals surface area (Å²) < 4.78 is 47.5. The summed E-state index contributed by atoms with van der Waals surface area (Å²) in [4.78, 5) is 8.51. The van der Waals surface area contributed by atoms with Gasteiger partial charge >= 0.3 is 0 Å². The summed E-state index contributed by atoms with van der Waals surface area (Å²) in [6.07, 6.45) is 3.07. The Morgan fingerprint density at radius 2 is 2.06 bits per heavy atom. The van der Waals surface area contributed by atoms with Gasteiger partial charge in [0, 0.05) is 24.4 Å². The second kappa shape index (κ2) is 8.14. The standard InChI is InChI=1S/C21H22ClF2N7OS/c1-20(2)19(25)28-21(11-23,12-33(20,32)26-3)15-8-13(4-6-16(15)24)17-10-31(30-29-17)18-7-5-14(22)9-27-18/h4-10H,11-12H2,1-3H3,(H2,25,28)/t21-,33?/m0/s1. The highest BCUT2D eigenvalue weighted by atomic mass is 35.5. The number of nitrogens with two attached hydrogens (primary N) is 1. The first-order valence-electron chi connectivity index (χ1n) is 9.94. The largest absolute Gasteiger partial charge is 0.386 e. The first-order chi connectivity index (χ1) is 15.5. The predicted molar refractivity (Wildman–Crippen MR) is 124 cm³/mol. The summed E-state index contributed by atoms with van der Waals surface area (Å²) in [5.41, 5.74) is 5.13. The fraction of sp³-hybridized carbons (Fsp3) is 0.333. The number of nitrogens with zero attached hydrogens (tertiary/aromatic N) is 6. The molecule has 0 spiro atoms. The Morgan fingerprint density at radius 3 is 2.70 bits per heavy atom.